The fraction of sp³-hybridized carbons (Fsp3) is 0.500. The number of amides is 1. The van der Waals surface area contributed by atoms with E-state index in [1.165, 1.54) is 0 Å². The van der Waals surface area contributed by atoms with Crippen molar-refractivity contribution in [2.24, 2.45) is 0 Å². The molecule has 0 aliphatic heterocycles. The van der Waals surface area contributed by atoms with E-state index in [0.717, 1.165) is 16.9 Å². The Labute approximate surface area is 262 Å². The molecular weight excluding hydrogens is 646 g/mol. The van der Waals surface area contributed by atoms with Crippen molar-refractivity contribution in [3.05, 3.63) is 34.9 Å². The van der Waals surface area contributed by atoms with Gasteiger partial charge >= 0.3 is 13.8 Å². The topological polar surface area (TPSA) is 201 Å². The Morgan fingerprint density at radius 3 is 2.27 bits per heavy atom. The highest BCUT2D eigenvalue weighted by molar-refractivity contribution is 7.53. The molecule has 45 heavy (non-hydrogen) atoms. The molecule has 19 heteroatoms. The zero-order valence-corrected chi connectivity index (χ0v) is 26.8. The Morgan fingerprint density at radius 2 is 1.73 bits per heavy atom. The van der Waals surface area contributed by atoms with Crippen molar-refractivity contribution < 1.29 is 50.8 Å². The van der Waals surface area contributed by atoms with Crippen LogP contribution < -0.4 is 31.2 Å². The van der Waals surface area contributed by atoms with E-state index in [1.807, 2.05) is 32.0 Å². The maximum atomic E-state index is 12.8. The largest absolute Gasteiger partial charge is 0.542 e. The summed E-state index contributed by atoms with van der Waals surface area (Å²) >= 11 is 5.93. The standard InChI is InChI=1S/C24H35ClN7O5P.C2HF3O2/c1-5-31-17-11-10-16(35-12-9-13-38(34,36-7-3)37-8-4)14-18(17)32(6-2)19(31)15-28-24(33)20-22(26)30-23(27)21(25)29-20;3-2(4,5)1(6)7/h10-11,14H,5-9,12-13,15H2,1-4H3,(H4-,26,27,28,30,33);(H,6,7). The molecule has 0 bridgehead atoms. The molecule has 1 amide bonds. The van der Waals surface area contributed by atoms with Crippen molar-refractivity contribution in [1.29, 1.82) is 0 Å². The van der Waals surface area contributed by atoms with Crippen LogP contribution in [0.3, 0.4) is 0 Å². The maximum absolute atomic E-state index is 12.8. The fourth-order valence-electron chi connectivity index (χ4n) is 4.22. The van der Waals surface area contributed by atoms with Gasteiger partial charge in [0, 0.05) is 6.07 Å². The normalized spacial score (nSPS) is 11.6. The number of aliphatic carboxylic acids is 1. The number of imidazole rings is 1. The Hall–Kier alpha value is -3.66. The van der Waals surface area contributed by atoms with Crippen molar-refractivity contribution in [3.63, 3.8) is 0 Å². The number of aryl methyl sites for hydroxylation is 2. The van der Waals surface area contributed by atoms with E-state index in [0.29, 0.717) is 45.1 Å². The second-order valence-electron chi connectivity index (χ2n) is 9.03. The first-order chi connectivity index (χ1) is 21.1. The van der Waals surface area contributed by atoms with Gasteiger partial charge in [0.15, 0.2) is 33.5 Å². The first-order valence-electron chi connectivity index (χ1n) is 13.8. The summed E-state index contributed by atoms with van der Waals surface area (Å²) in [5.74, 6) is -2.07. The molecule has 250 valence electrons. The number of nitrogens with zero attached hydrogens (tertiary/aromatic N) is 4. The minimum Gasteiger partial charge on any atom is -0.542 e. The Morgan fingerprint density at radius 1 is 1.11 bits per heavy atom. The number of benzene rings is 1. The lowest BCUT2D eigenvalue weighted by atomic mass is 10.3. The maximum Gasteiger partial charge on any atom is 0.430 e. The number of hydrogen-bond acceptors (Lipinski definition) is 11. The number of carboxylic acid groups (broad SMARTS) is 1. The van der Waals surface area contributed by atoms with E-state index >= 15 is 0 Å². The van der Waals surface area contributed by atoms with Crippen molar-refractivity contribution in [2.45, 2.75) is 59.9 Å². The first kappa shape index (κ1) is 37.5. The number of anilines is 2. The van der Waals surface area contributed by atoms with E-state index in [2.05, 4.69) is 24.4 Å². The first-order valence-corrected chi connectivity index (χ1v) is 15.9. The average molecular weight is 682 g/mol. The van der Waals surface area contributed by atoms with Crippen LogP contribution in [0.4, 0.5) is 24.8 Å². The predicted molar refractivity (Wildman–Crippen MR) is 157 cm³/mol. The van der Waals surface area contributed by atoms with Gasteiger partial charge in [-0.1, -0.05) is 11.6 Å². The summed E-state index contributed by atoms with van der Waals surface area (Å²) < 4.78 is 65.1. The summed E-state index contributed by atoms with van der Waals surface area (Å²) in [4.78, 5) is 29.4. The highest BCUT2D eigenvalue weighted by Crippen LogP contribution is 2.48. The molecule has 0 spiro atoms. The number of nitrogens with one attached hydrogen (secondary N) is 1. The molecule has 3 rings (SSSR count). The molecule has 0 atom stereocenters. The van der Waals surface area contributed by atoms with Crippen LogP contribution in [0, 0.1) is 0 Å². The van der Waals surface area contributed by atoms with Crippen LogP contribution >= 0.6 is 19.2 Å². The number of halogens is 4. The third-order valence-electron chi connectivity index (χ3n) is 6.04. The number of fused-ring (bicyclic) bond motifs is 1. The van der Waals surface area contributed by atoms with Crippen molar-refractivity contribution >= 4 is 53.7 Å². The summed E-state index contributed by atoms with van der Waals surface area (Å²) in [6.45, 7) is 10.3. The second-order valence-corrected chi connectivity index (χ2v) is 11.6. The summed E-state index contributed by atoms with van der Waals surface area (Å²) in [5, 5.41) is 11.6. The van der Waals surface area contributed by atoms with Crippen molar-refractivity contribution in [1.82, 2.24) is 19.9 Å². The minimum atomic E-state index is -5.19. The number of carbonyl (C=O) groups is 2. The SMILES string of the molecule is CCOP(=O)(CCCOc1ccc2c(c1)n(CC)c(CNC(=O)c1nc(Cl)c(N)nc1N)[n+]2CC)OCC.O=C([O-])C(F)(F)F. The highest BCUT2D eigenvalue weighted by atomic mass is 35.5. The van der Waals surface area contributed by atoms with Crippen LogP contribution in [0.5, 0.6) is 5.75 Å². The van der Waals surface area contributed by atoms with E-state index in [-0.39, 0.29) is 35.2 Å². The van der Waals surface area contributed by atoms with Crippen molar-refractivity contribution in [2.75, 3.05) is 37.4 Å². The number of alkyl halides is 3. The van der Waals surface area contributed by atoms with Crippen LogP contribution in [0.25, 0.3) is 11.0 Å². The van der Waals surface area contributed by atoms with Crippen LogP contribution in [-0.4, -0.2) is 58.6 Å². The molecule has 0 saturated carbocycles. The highest BCUT2D eigenvalue weighted by Gasteiger charge is 2.29. The number of rotatable bonds is 14. The van der Waals surface area contributed by atoms with Gasteiger partial charge in [0.2, 0.25) is 0 Å². The fourth-order valence-corrected chi connectivity index (χ4v) is 5.98. The number of carboxylic acids is 1. The molecule has 14 nitrogen and oxygen atoms in total. The molecule has 0 aliphatic carbocycles. The van der Waals surface area contributed by atoms with Gasteiger partial charge in [-0.3, -0.25) is 9.36 Å². The zero-order valence-electron chi connectivity index (χ0n) is 25.1. The molecular formula is C26H36ClF3N7O7P. The van der Waals surface area contributed by atoms with Gasteiger partial charge in [0.05, 0.1) is 39.1 Å². The number of ether oxygens (including phenoxy) is 1. The van der Waals surface area contributed by atoms with Gasteiger partial charge < -0.3 is 40.5 Å². The molecule has 5 N–H and O–H groups in total. The molecule has 3 aromatic rings. The minimum absolute atomic E-state index is 0.0359. The van der Waals surface area contributed by atoms with E-state index in [1.54, 1.807) is 13.8 Å². The zero-order chi connectivity index (χ0) is 33.9. The molecule has 0 saturated heterocycles. The lowest BCUT2D eigenvalue weighted by Crippen LogP contribution is -2.40. The number of carbonyl (C=O) groups excluding carboxylic acids is 2. The van der Waals surface area contributed by atoms with Gasteiger partial charge in [-0.25, -0.2) is 19.1 Å². The second kappa shape index (κ2) is 16.6. The molecule has 2 heterocycles. The predicted octanol–water partition coefficient (Wildman–Crippen LogP) is 2.84. The third-order valence-corrected chi connectivity index (χ3v) is 8.48. The number of aromatic nitrogens is 4. The lowest BCUT2D eigenvalue weighted by Gasteiger charge is -2.16. The van der Waals surface area contributed by atoms with E-state index in [4.69, 9.17) is 46.8 Å². The molecule has 0 fully saturated rings. The molecule has 0 unspecified atom stereocenters. The third kappa shape index (κ3) is 10.2. The Balaban J connectivity index is 0.000000900. The Kier molecular flexibility index (Phi) is 13.8. The number of nitrogens with two attached hydrogens (primary N) is 2. The van der Waals surface area contributed by atoms with Crippen molar-refractivity contribution in [3.8, 4) is 5.75 Å². The summed E-state index contributed by atoms with van der Waals surface area (Å²) in [7, 11) is -3.10. The smallest absolute Gasteiger partial charge is 0.430 e. The van der Waals surface area contributed by atoms with Gasteiger partial charge in [-0.15, -0.1) is 0 Å². The van der Waals surface area contributed by atoms with Gasteiger partial charge in [-0.2, -0.15) is 13.2 Å². The summed E-state index contributed by atoms with van der Waals surface area (Å²) in [6.07, 6.45) is -4.38. The van der Waals surface area contributed by atoms with Crippen LogP contribution in [0.2, 0.25) is 5.15 Å². The van der Waals surface area contributed by atoms with E-state index < -0.39 is 25.6 Å². The lowest BCUT2D eigenvalue weighted by molar-refractivity contribution is -0.676. The van der Waals surface area contributed by atoms with Crippen LogP contribution in [0.15, 0.2) is 18.2 Å². The molecule has 2 aromatic heterocycles. The molecule has 0 radical (unpaired) electrons. The van der Waals surface area contributed by atoms with Gasteiger partial charge in [0.1, 0.15) is 18.3 Å². The Bertz CT molecular complexity index is 1530. The summed E-state index contributed by atoms with van der Waals surface area (Å²) in [6, 6.07) is 5.85. The quantitative estimate of drug-likeness (QED) is 0.128. The van der Waals surface area contributed by atoms with E-state index in [9.17, 15) is 22.5 Å². The van der Waals surface area contributed by atoms with Crippen LogP contribution in [-0.2, 0) is 38.0 Å². The monoisotopic (exact) mass is 681 g/mol. The summed E-state index contributed by atoms with van der Waals surface area (Å²) in [5.41, 5.74) is 13.3. The number of nitrogen functional groups attached to an aromatic ring is 2. The van der Waals surface area contributed by atoms with Gasteiger partial charge in [0.25, 0.3) is 11.7 Å². The average Bonchev–Trinajstić information content (AvgIpc) is 3.27. The van der Waals surface area contributed by atoms with Crippen LogP contribution in [0.1, 0.15) is 50.4 Å². The van der Waals surface area contributed by atoms with Gasteiger partial charge in [-0.05, 0) is 46.2 Å². The number of hydrogen-bond donors (Lipinski definition) is 3. The molecule has 0 aliphatic rings. The molecule has 1 aromatic carbocycles.